The van der Waals surface area contributed by atoms with Crippen LogP contribution in [-0.4, -0.2) is 7.11 Å². The minimum absolute atomic E-state index is 0.189. The maximum Gasteiger partial charge on any atom is 0.118 e. The monoisotopic (exact) mass is 285 g/mol. The molecule has 4 bridgehead atoms. The van der Waals surface area contributed by atoms with Crippen LogP contribution in [0, 0.1) is 22.7 Å². The Morgan fingerprint density at radius 3 is 2.24 bits per heavy atom. The van der Waals surface area contributed by atoms with E-state index < -0.39 is 0 Å². The van der Waals surface area contributed by atoms with Crippen LogP contribution in [0.5, 0.6) is 5.75 Å². The van der Waals surface area contributed by atoms with Crippen molar-refractivity contribution in [3.05, 3.63) is 29.8 Å². The van der Waals surface area contributed by atoms with Crippen LogP contribution in [0.4, 0.5) is 0 Å². The topological polar surface area (TPSA) is 35.2 Å². The van der Waals surface area contributed by atoms with Gasteiger partial charge in [-0.2, -0.15) is 0 Å². The summed E-state index contributed by atoms with van der Waals surface area (Å²) in [6, 6.07) is 8.64. The highest BCUT2D eigenvalue weighted by Crippen LogP contribution is 2.67. The molecule has 0 amide bonds. The normalized spacial score (nSPS) is 42.0. The standard InChI is InChI=1S/C19H27NO/c1-18-8-13-7-14(9-18)11-19(10-13,12-18)17(20)15-3-5-16(21-2)6-4-15/h3-6,13-14,17H,7-12,20H2,1-2H3. The highest BCUT2D eigenvalue weighted by atomic mass is 16.5. The summed E-state index contributed by atoms with van der Waals surface area (Å²) in [4.78, 5) is 0. The maximum absolute atomic E-state index is 6.80. The van der Waals surface area contributed by atoms with Gasteiger partial charge in [-0.25, -0.2) is 0 Å². The molecule has 0 heterocycles. The largest absolute Gasteiger partial charge is 0.497 e. The number of ether oxygens (including phenoxy) is 1. The van der Waals surface area contributed by atoms with Gasteiger partial charge in [-0.05, 0) is 78.9 Å². The fourth-order valence-corrected chi connectivity index (χ4v) is 6.33. The van der Waals surface area contributed by atoms with Gasteiger partial charge in [-0.3, -0.25) is 0 Å². The van der Waals surface area contributed by atoms with E-state index >= 15 is 0 Å². The van der Waals surface area contributed by atoms with Gasteiger partial charge in [0.15, 0.2) is 0 Å². The molecular weight excluding hydrogens is 258 g/mol. The molecule has 0 aromatic heterocycles. The van der Waals surface area contributed by atoms with E-state index in [-0.39, 0.29) is 6.04 Å². The summed E-state index contributed by atoms with van der Waals surface area (Å²) in [6.45, 7) is 2.51. The zero-order valence-electron chi connectivity index (χ0n) is 13.3. The first-order chi connectivity index (χ1) is 10.0. The second-order valence-electron chi connectivity index (χ2n) is 8.38. The quantitative estimate of drug-likeness (QED) is 0.898. The lowest BCUT2D eigenvalue weighted by molar-refractivity contribution is -0.113. The highest BCUT2D eigenvalue weighted by Gasteiger charge is 2.57. The third-order valence-electron chi connectivity index (χ3n) is 6.53. The van der Waals surface area contributed by atoms with Crippen molar-refractivity contribution in [1.82, 2.24) is 0 Å². The summed E-state index contributed by atoms with van der Waals surface area (Å²) >= 11 is 0. The Kier molecular flexibility index (Phi) is 2.91. The number of hydrogen-bond donors (Lipinski definition) is 1. The summed E-state index contributed by atoms with van der Waals surface area (Å²) < 4.78 is 5.27. The summed E-state index contributed by atoms with van der Waals surface area (Å²) in [5, 5.41) is 0. The van der Waals surface area contributed by atoms with E-state index in [0.717, 1.165) is 17.6 Å². The van der Waals surface area contributed by atoms with Gasteiger partial charge < -0.3 is 10.5 Å². The van der Waals surface area contributed by atoms with Crippen molar-refractivity contribution in [2.45, 2.75) is 51.5 Å². The molecule has 0 aliphatic heterocycles. The number of nitrogens with two attached hydrogens (primary N) is 1. The first kappa shape index (κ1) is 13.6. The highest BCUT2D eigenvalue weighted by molar-refractivity contribution is 5.31. The van der Waals surface area contributed by atoms with E-state index in [1.165, 1.54) is 44.1 Å². The van der Waals surface area contributed by atoms with Crippen LogP contribution >= 0.6 is 0 Å². The second-order valence-corrected chi connectivity index (χ2v) is 8.38. The van der Waals surface area contributed by atoms with Gasteiger partial charge in [-0.15, -0.1) is 0 Å². The molecule has 3 unspecified atom stereocenters. The van der Waals surface area contributed by atoms with E-state index in [4.69, 9.17) is 10.5 Å². The molecule has 21 heavy (non-hydrogen) atoms. The van der Waals surface area contributed by atoms with E-state index in [0.29, 0.717) is 10.8 Å². The van der Waals surface area contributed by atoms with Crippen LogP contribution in [0.2, 0.25) is 0 Å². The third kappa shape index (κ3) is 2.11. The first-order valence-electron chi connectivity index (χ1n) is 8.42. The first-order valence-corrected chi connectivity index (χ1v) is 8.42. The Labute approximate surface area is 128 Å². The summed E-state index contributed by atoms with van der Waals surface area (Å²) in [5.74, 6) is 2.78. The summed E-state index contributed by atoms with van der Waals surface area (Å²) in [7, 11) is 1.72. The van der Waals surface area contributed by atoms with Crippen LogP contribution in [0.3, 0.4) is 0 Å². The Morgan fingerprint density at radius 2 is 1.71 bits per heavy atom. The lowest BCUT2D eigenvalue weighted by Gasteiger charge is -2.63. The van der Waals surface area contributed by atoms with Gasteiger partial charge in [0.1, 0.15) is 5.75 Å². The zero-order valence-corrected chi connectivity index (χ0v) is 13.3. The molecule has 0 spiro atoms. The molecule has 0 saturated heterocycles. The van der Waals surface area contributed by atoms with Crippen molar-refractivity contribution in [1.29, 1.82) is 0 Å². The Morgan fingerprint density at radius 1 is 1.10 bits per heavy atom. The van der Waals surface area contributed by atoms with E-state index in [1.54, 1.807) is 7.11 Å². The Bertz CT molecular complexity index is 521. The Balaban J connectivity index is 1.65. The fraction of sp³-hybridized carbons (Fsp3) is 0.684. The molecule has 3 atom stereocenters. The van der Waals surface area contributed by atoms with E-state index in [2.05, 4.69) is 31.2 Å². The van der Waals surface area contributed by atoms with Crippen LogP contribution in [0.25, 0.3) is 0 Å². The average molecular weight is 285 g/mol. The smallest absolute Gasteiger partial charge is 0.118 e. The molecule has 2 heteroatoms. The molecule has 1 aromatic rings. The third-order valence-corrected chi connectivity index (χ3v) is 6.53. The SMILES string of the molecule is COc1ccc(C(N)C23CC4CC(CC(C)(C4)C2)C3)cc1. The summed E-state index contributed by atoms with van der Waals surface area (Å²) in [5.41, 5.74) is 9.01. The lowest BCUT2D eigenvalue weighted by atomic mass is 9.43. The van der Waals surface area contributed by atoms with Gasteiger partial charge in [0, 0.05) is 6.04 Å². The molecular formula is C19H27NO. The lowest BCUT2D eigenvalue weighted by Crippen LogP contribution is -2.54. The van der Waals surface area contributed by atoms with Crippen molar-refractivity contribution < 1.29 is 4.74 Å². The molecule has 4 aliphatic rings. The van der Waals surface area contributed by atoms with Crippen molar-refractivity contribution in [2.75, 3.05) is 7.11 Å². The van der Waals surface area contributed by atoms with Crippen LogP contribution in [0.1, 0.15) is 57.1 Å². The van der Waals surface area contributed by atoms with Gasteiger partial charge in [0.2, 0.25) is 0 Å². The van der Waals surface area contributed by atoms with E-state index in [9.17, 15) is 0 Å². The molecule has 2 nitrogen and oxygen atoms in total. The van der Waals surface area contributed by atoms with Crippen molar-refractivity contribution in [3.8, 4) is 5.75 Å². The van der Waals surface area contributed by atoms with Crippen LogP contribution in [-0.2, 0) is 0 Å². The number of benzene rings is 1. The molecule has 4 fully saturated rings. The zero-order chi connectivity index (χ0) is 14.7. The van der Waals surface area contributed by atoms with Crippen LogP contribution < -0.4 is 10.5 Å². The Hall–Kier alpha value is -1.02. The predicted octanol–water partition coefficient (Wildman–Crippen LogP) is 4.30. The molecule has 4 saturated carbocycles. The minimum Gasteiger partial charge on any atom is -0.497 e. The van der Waals surface area contributed by atoms with Gasteiger partial charge in [-0.1, -0.05) is 19.1 Å². The number of methoxy groups -OCH3 is 1. The number of rotatable bonds is 3. The van der Waals surface area contributed by atoms with E-state index in [1.807, 2.05) is 0 Å². The molecule has 2 N–H and O–H groups in total. The molecule has 5 rings (SSSR count). The molecule has 0 radical (unpaired) electrons. The van der Waals surface area contributed by atoms with Crippen molar-refractivity contribution >= 4 is 0 Å². The average Bonchev–Trinajstić information content (AvgIpc) is 2.44. The molecule has 4 aliphatic carbocycles. The fourth-order valence-electron chi connectivity index (χ4n) is 6.33. The molecule has 1 aromatic carbocycles. The molecule has 114 valence electrons. The van der Waals surface area contributed by atoms with Gasteiger partial charge in [0.05, 0.1) is 7.11 Å². The second kappa shape index (κ2) is 4.49. The predicted molar refractivity (Wildman–Crippen MR) is 85.1 cm³/mol. The maximum atomic E-state index is 6.80. The number of hydrogen-bond acceptors (Lipinski definition) is 2. The van der Waals surface area contributed by atoms with Gasteiger partial charge in [0.25, 0.3) is 0 Å². The minimum atomic E-state index is 0.189. The van der Waals surface area contributed by atoms with Gasteiger partial charge >= 0.3 is 0 Å². The van der Waals surface area contributed by atoms with Crippen molar-refractivity contribution in [2.24, 2.45) is 28.4 Å². The van der Waals surface area contributed by atoms with Crippen LogP contribution in [0.15, 0.2) is 24.3 Å². The van der Waals surface area contributed by atoms with Crippen molar-refractivity contribution in [3.63, 3.8) is 0 Å². The summed E-state index contributed by atoms with van der Waals surface area (Å²) in [6.07, 6.45) is 8.40.